The molecular formula is C40H52F3N5O9S. The van der Waals surface area contributed by atoms with Gasteiger partial charge < -0.3 is 29.7 Å². The predicted octanol–water partition coefficient (Wildman–Crippen LogP) is 5.30. The number of methoxy groups -OCH3 is 1. The number of hydrogen-bond donors (Lipinski definition) is 3. The Balaban J connectivity index is 1.37. The molecule has 1 aromatic carbocycles. The number of amides is 4. The molecule has 2 aliphatic carbocycles. The smallest absolute Gasteiger partial charge is 0.427 e. The Labute approximate surface area is 336 Å². The number of sulfonamides is 1. The van der Waals surface area contributed by atoms with Gasteiger partial charge in [0.2, 0.25) is 33.3 Å². The predicted molar refractivity (Wildman–Crippen MR) is 206 cm³/mol. The molecule has 1 saturated heterocycles. The third kappa shape index (κ3) is 8.71. The summed E-state index contributed by atoms with van der Waals surface area (Å²) in [5.74, 6) is -2.78. The van der Waals surface area contributed by atoms with Gasteiger partial charge in [0.15, 0.2) is 0 Å². The van der Waals surface area contributed by atoms with Crippen LogP contribution in [0.3, 0.4) is 0 Å². The molecule has 4 amide bonds. The summed E-state index contributed by atoms with van der Waals surface area (Å²) in [4.78, 5) is 62.2. The van der Waals surface area contributed by atoms with E-state index in [0.29, 0.717) is 63.5 Å². The molecule has 0 radical (unpaired) electrons. The van der Waals surface area contributed by atoms with Gasteiger partial charge in [0.25, 0.3) is 5.91 Å². The van der Waals surface area contributed by atoms with Gasteiger partial charge in [-0.1, -0.05) is 32.4 Å². The molecule has 3 fully saturated rings. The molecule has 14 nitrogen and oxygen atoms in total. The number of rotatable bonds is 9. The second-order valence-electron chi connectivity index (χ2n) is 16.9. The van der Waals surface area contributed by atoms with Crippen LogP contribution in [0.4, 0.5) is 18.0 Å². The summed E-state index contributed by atoms with van der Waals surface area (Å²) in [6.45, 7) is 6.49. The Morgan fingerprint density at radius 2 is 1.84 bits per heavy atom. The first-order chi connectivity index (χ1) is 27.1. The van der Waals surface area contributed by atoms with Crippen LogP contribution >= 0.6 is 0 Å². The van der Waals surface area contributed by atoms with E-state index >= 15 is 0 Å². The lowest BCUT2D eigenvalue weighted by Gasteiger charge is -2.35. The Bertz CT molecular complexity index is 2070. The average molecular weight is 836 g/mol. The largest absolute Gasteiger partial charge is 0.497 e. The van der Waals surface area contributed by atoms with Crippen LogP contribution in [-0.4, -0.2) is 96.0 Å². The first-order valence-corrected chi connectivity index (χ1v) is 21.1. The fourth-order valence-corrected chi connectivity index (χ4v) is 9.08. The molecule has 0 spiro atoms. The normalized spacial score (nSPS) is 28.9. The van der Waals surface area contributed by atoms with Gasteiger partial charge in [-0.15, -0.1) is 0 Å². The molecule has 58 heavy (non-hydrogen) atoms. The molecule has 1 aromatic heterocycles. The van der Waals surface area contributed by atoms with Crippen LogP contribution in [0.25, 0.3) is 10.8 Å². The maximum absolute atomic E-state index is 14.9. The van der Waals surface area contributed by atoms with Gasteiger partial charge >= 0.3 is 12.3 Å². The summed E-state index contributed by atoms with van der Waals surface area (Å²) in [6.07, 6.45) is 0.631. The van der Waals surface area contributed by atoms with Crippen molar-refractivity contribution >= 4 is 44.6 Å². The number of alkyl halides is 3. The van der Waals surface area contributed by atoms with Crippen molar-refractivity contribution in [3.05, 3.63) is 42.6 Å². The molecule has 6 rings (SSSR count). The number of halogens is 3. The fraction of sp³-hybridized carbons (Fsp3) is 0.625. The van der Waals surface area contributed by atoms with Gasteiger partial charge in [0, 0.05) is 23.9 Å². The number of hydrogen-bond acceptors (Lipinski definition) is 10. The summed E-state index contributed by atoms with van der Waals surface area (Å²) in [5.41, 5.74) is -4.52. The number of fused-ring (bicyclic) bond motifs is 3. The maximum Gasteiger partial charge on any atom is 0.427 e. The van der Waals surface area contributed by atoms with E-state index in [0.717, 1.165) is 5.39 Å². The molecule has 2 aliphatic heterocycles. The van der Waals surface area contributed by atoms with Gasteiger partial charge in [0.05, 0.1) is 18.4 Å². The fourth-order valence-electron chi connectivity index (χ4n) is 7.77. The number of nitrogens with one attached hydrogen (secondary N) is 3. The monoisotopic (exact) mass is 835 g/mol. The van der Waals surface area contributed by atoms with Crippen molar-refractivity contribution in [1.29, 1.82) is 0 Å². The Morgan fingerprint density at radius 3 is 2.50 bits per heavy atom. The summed E-state index contributed by atoms with van der Waals surface area (Å²) in [6, 6.07) is 4.29. The molecule has 7 atom stereocenters. The molecule has 3 heterocycles. The molecular weight excluding hydrogens is 784 g/mol. The molecule has 0 bridgehead atoms. The standard InChI is InChI=1S/C40H52F3N5O9S/c1-7-24-18-23(2)10-8-9-11-26-21-39(26,35(51)47-58(53,54)38(5)15-16-38)46-32(49)30-20-28(56-33-29-13-12-27(55-6)19-25(29)14-17-44-33)22-48(30)34(50)31(24)45-36(52)57-37(3,4)40(41,42)43/h9,11-14,17,19,23-24,26,28,30-31H,7-8,10,15-16,18,20-22H2,1-6H3,(H,45,52)(H,46,49)(H,47,51). The topological polar surface area (TPSA) is 182 Å². The molecule has 2 aromatic rings. The molecule has 18 heteroatoms. The van der Waals surface area contributed by atoms with E-state index in [1.165, 1.54) is 25.1 Å². The second kappa shape index (κ2) is 15.9. The highest BCUT2D eigenvalue weighted by molar-refractivity contribution is 7.91. The lowest BCUT2D eigenvalue weighted by molar-refractivity contribution is -0.244. The van der Waals surface area contributed by atoms with E-state index in [1.54, 1.807) is 37.3 Å². The van der Waals surface area contributed by atoms with E-state index in [4.69, 9.17) is 14.2 Å². The van der Waals surface area contributed by atoms with Crippen molar-refractivity contribution in [2.75, 3.05) is 13.7 Å². The van der Waals surface area contributed by atoms with E-state index in [-0.39, 0.29) is 31.2 Å². The van der Waals surface area contributed by atoms with Crippen molar-refractivity contribution in [2.45, 2.75) is 126 Å². The van der Waals surface area contributed by atoms with Crippen molar-refractivity contribution in [2.24, 2.45) is 17.8 Å². The number of benzene rings is 1. The number of allylic oxidation sites excluding steroid dienone is 1. The summed E-state index contributed by atoms with van der Waals surface area (Å²) < 4.78 is 85.4. The third-order valence-corrected chi connectivity index (χ3v) is 14.3. The summed E-state index contributed by atoms with van der Waals surface area (Å²) in [5, 5.41) is 6.60. The second-order valence-corrected chi connectivity index (χ2v) is 19.1. The maximum atomic E-state index is 14.9. The van der Waals surface area contributed by atoms with E-state index in [9.17, 15) is 40.8 Å². The van der Waals surface area contributed by atoms with E-state index < -0.39 is 85.9 Å². The Hall–Kier alpha value is -4.61. The zero-order valence-corrected chi connectivity index (χ0v) is 34.3. The summed E-state index contributed by atoms with van der Waals surface area (Å²) in [7, 11) is -2.54. The third-order valence-electron chi connectivity index (χ3n) is 12.1. The summed E-state index contributed by atoms with van der Waals surface area (Å²) >= 11 is 0. The van der Waals surface area contributed by atoms with Gasteiger partial charge in [-0.25, -0.2) is 18.2 Å². The molecule has 2 saturated carbocycles. The number of ether oxygens (including phenoxy) is 3. The van der Waals surface area contributed by atoms with Crippen LogP contribution in [0.5, 0.6) is 11.6 Å². The first kappa shape index (κ1) is 43.0. The number of aromatic nitrogens is 1. The highest BCUT2D eigenvalue weighted by Crippen LogP contribution is 2.48. The Kier molecular flexibility index (Phi) is 11.8. The lowest BCUT2D eigenvalue weighted by Crippen LogP contribution is -2.60. The van der Waals surface area contributed by atoms with E-state index in [1.807, 2.05) is 13.0 Å². The number of carbonyl (C=O) groups excluding carboxylic acids is 4. The lowest BCUT2D eigenvalue weighted by atomic mass is 9.85. The first-order valence-electron chi connectivity index (χ1n) is 19.6. The highest BCUT2D eigenvalue weighted by atomic mass is 32.2. The highest BCUT2D eigenvalue weighted by Gasteiger charge is 2.63. The number of carbonyl (C=O) groups is 4. The van der Waals surface area contributed by atoms with Gasteiger partial charge in [0.1, 0.15) is 29.5 Å². The van der Waals surface area contributed by atoms with Gasteiger partial charge in [-0.3, -0.25) is 19.1 Å². The van der Waals surface area contributed by atoms with Crippen LogP contribution in [0.2, 0.25) is 0 Å². The van der Waals surface area contributed by atoms with Crippen LogP contribution in [-0.2, 0) is 29.1 Å². The SMILES string of the molecule is CCC1CC(C)CCC=CC2CC2(C(=O)NS(=O)(=O)C2(C)CC2)NC(=O)C2CC(Oc3nccc4cc(OC)ccc34)CN2C(=O)C1NC(=O)OC(C)(C)C(F)(F)F. The molecule has 3 N–H and O–H groups in total. The average Bonchev–Trinajstić information content (AvgIpc) is 4.03. The van der Waals surface area contributed by atoms with E-state index in [2.05, 4.69) is 20.3 Å². The minimum atomic E-state index is -4.91. The quantitative estimate of drug-likeness (QED) is 0.281. The minimum absolute atomic E-state index is 0.0302. The molecule has 318 valence electrons. The van der Waals surface area contributed by atoms with Crippen molar-refractivity contribution < 1.29 is 55.0 Å². The molecule has 4 aliphatic rings. The Morgan fingerprint density at radius 1 is 1.12 bits per heavy atom. The zero-order chi connectivity index (χ0) is 42.4. The van der Waals surface area contributed by atoms with Crippen LogP contribution in [0, 0.1) is 17.8 Å². The van der Waals surface area contributed by atoms with Gasteiger partial charge in [-0.05, 0) is 101 Å². The minimum Gasteiger partial charge on any atom is -0.497 e. The van der Waals surface area contributed by atoms with Crippen LogP contribution < -0.4 is 24.8 Å². The van der Waals surface area contributed by atoms with Crippen molar-refractivity contribution in [3.8, 4) is 11.6 Å². The van der Waals surface area contributed by atoms with Crippen molar-refractivity contribution in [3.63, 3.8) is 0 Å². The van der Waals surface area contributed by atoms with Crippen LogP contribution in [0.15, 0.2) is 42.6 Å². The van der Waals surface area contributed by atoms with Gasteiger partial charge in [-0.2, -0.15) is 13.2 Å². The van der Waals surface area contributed by atoms with Crippen molar-refractivity contribution in [1.82, 2.24) is 25.2 Å². The number of alkyl carbamates (subject to hydrolysis) is 1. The van der Waals surface area contributed by atoms with Crippen LogP contribution in [0.1, 0.15) is 86.0 Å². The number of nitrogens with zero attached hydrogens (tertiary/aromatic N) is 2. The molecule has 7 unspecified atom stereocenters. The zero-order valence-electron chi connectivity index (χ0n) is 33.5. The number of pyridine rings is 1.